The van der Waals surface area contributed by atoms with E-state index in [-0.39, 0.29) is 5.91 Å². The summed E-state index contributed by atoms with van der Waals surface area (Å²) in [7, 11) is 0. The van der Waals surface area contributed by atoms with Gasteiger partial charge in [-0.2, -0.15) is 5.10 Å². The molecule has 0 atom stereocenters. The minimum absolute atomic E-state index is 0.0170. The molecule has 0 fully saturated rings. The molecule has 1 aliphatic rings. The number of amides is 1. The Labute approximate surface area is 169 Å². The molecule has 29 heavy (non-hydrogen) atoms. The van der Waals surface area contributed by atoms with Gasteiger partial charge in [0.25, 0.3) is 5.91 Å². The Hall–Kier alpha value is -3.47. The van der Waals surface area contributed by atoms with Crippen LogP contribution in [0.15, 0.2) is 60.7 Å². The molecule has 5 rings (SSSR count). The van der Waals surface area contributed by atoms with E-state index < -0.39 is 0 Å². The van der Waals surface area contributed by atoms with E-state index in [2.05, 4.69) is 6.07 Å². The zero-order valence-corrected chi connectivity index (χ0v) is 16.6. The lowest BCUT2D eigenvalue weighted by atomic mass is 10.00. The number of rotatable bonds is 2. The minimum atomic E-state index is 0.0170. The van der Waals surface area contributed by atoms with Gasteiger partial charge in [-0.05, 0) is 56.5 Å². The highest BCUT2D eigenvalue weighted by atomic mass is 16.2. The summed E-state index contributed by atoms with van der Waals surface area (Å²) >= 11 is 0. The van der Waals surface area contributed by atoms with Gasteiger partial charge in [0.1, 0.15) is 0 Å². The van der Waals surface area contributed by atoms with Crippen LogP contribution < -0.4 is 4.90 Å². The first kappa shape index (κ1) is 17.6. The van der Waals surface area contributed by atoms with Crippen molar-refractivity contribution in [1.82, 2.24) is 14.8 Å². The highest BCUT2D eigenvalue weighted by Crippen LogP contribution is 2.31. The van der Waals surface area contributed by atoms with Crippen molar-refractivity contribution in [3.05, 3.63) is 83.2 Å². The second kappa shape index (κ2) is 6.85. The molecule has 0 saturated heterocycles. The van der Waals surface area contributed by atoms with Crippen molar-refractivity contribution < 1.29 is 4.79 Å². The Balaban J connectivity index is 1.69. The Kier molecular flexibility index (Phi) is 4.16. The van der Waals surface area contributed by atoms with Crippen molar-refractivity contribution in [3.8, 4) is 5.69 Å². The van der Waals surface area contributed by atoms with Gasteiger partial charge in [0.15, 0.2) is 5.65 Å². The number of anilines is 1. The lowest BCUT2D eigenvalue weighted by molar-refractivity contribution is 0.0986. The molecule has 144 valence electrons. The molecule has 0 N–H and O–H groups in total. The standard InChI is InChI=1S/C24H22N4O/c1-16-15-20(24(29)27-14-8-10-18-9-6-7-13-21(18)27)22-17(2)26-28(23(22)25-16)19-11-4-3-5-12-19/h3-7,9,11-13,15H,8,10,14H2,1-2H3. The number of carbonyl (C=O) groups is 1. The van der Waals surface area contributed by atoms with Crippen LogP contribution in [0.1, 0.15) is 33.7 Å². The summed E-state index contributed by atoms with van der Waals surface area (Å²) in [5.41, 5.74) is 6.19. The van der Waals surface area contributed by atoms with Gasteiger partial charge in [-0.3, -0.25) is 4.79 Å². The zero-order chi connectivity index (χ0) is 20.0. The number of hydrogen-bond donors (Lipinski definition) is 0. The fourth-order valence-corrected chi connectivity index (χ4v) is 4.22. The zero-order valence-electron chi connectivity index (χ0n) is 16.6. The Morgan fingerprint density at radius 3 is 2.59 bits per heavy atom. The number of aromatic nitrogens is 3. The predicted octanol–water partition coefficient (Wildman–Crippen LogP) is 4.63. The maximum absolute atomic E-state index is 13.7. The van der Waals surface area contributed by atoms with Crippen LogP contribution in [-0.2, 0) is 6.42 Å². The van der Waals surface area contributed by atoms with Crippen LogP contribution in [0.5, 0.6) is 0 Å². The number of pyridine rings is 1. The Morgan fingerprint density at radius 1 is 1.00 bits per heavy atom. The van der Waals surface area contributed by atoms with Crippen LogP contribution in [-0.4, -0.2) is 27.2 Å². The molecule has 1 amide bonds. The molecule has 0 bridgehead atoms. The van der Waals surface area contributed by atoms with E-state index in [1.165, 1.54) is 5.56 Å². The summed E-state index contributed by atoms with van der Waals surface area (Å²) in [5, 5.41) is 5.54. The number of fused-ring (bicyclic) bond motifs is 2. The average Bonchev–Trinajstić information content (AvgIpc) is 3.09. The second-order valence-corrected chi connectivity index (χ2v) is 7.53. The second-order valence-electron chi connectivity index (χ2n) is 7.53. The van der Waals surface area contributed by atoms with Crippen molar-refractivity contribution in [2.75, 3.05) is 11.4 Å². The largest absolute Gasteiger partial charge is 0.308 e. The van der Waals surface area contributed by atoms with E-state index in [9.17, 15) is 4.79 Å². The van der Waals surface area contributed by atoms with Crippen LogP contribution in [0.2, 0.25) is 0 Å². The Bertz CT molecular complexity index is 1230. The predicted molar refractivity (Wildman–Crippen MR) is 115 cm³/mol. The highest BCUT2D eigenvalue weighted by Gasteiger charge is 2.27. The van der Waals surface area contributed by atoms with E-state index in [1.807, 2.05) is 78.0 Å². The van der Waals surface area contributed by atoms with Gasteiger partial charge in [-0.1, -0.05) is 36.4 Å². The summed E-state index contributed by atoms with van der Waals surface area (Å²) in [5.74, 6) is 0.0170. The SMILES string of the molecule is Cc1cc(C(=O)N2CCCc3ccccc32)c2c(C)nn(-c3ccccc3)c2n1. The minimum Gasteiger partial charge on any atom is -0.308 e. The van der Waals surface area contributed by atoms with E-state index in [0.717, 1.165) is 53.2 Å². The summed E-state index contributed by atoms with van der Waals surface area (Å²) in [4.78, 5) is 20.3. The Morgan fingerprint density at radius 2 is 1.76 bits per heavy atom. The number of hydrogen-bond acceptors (Lipinski definition) is 3. The number of benzene rings is 2. The monoisotopic (exact) mass is 382 g/mol. The fraction of sp³-hybridized carbons (Fsp3) is 0.208. The molecule has 5 nitrogen and oxygen atoms in total. The molecule has 2 aromatic carbocycles. The molecule has 0 unspecified atom stereocenters. The van der Waals surface area contributed by atoms with Crippen molar-refractivity contribution >= 4 is 22.6 Å². The van der Waals surface area contributed by atoms with Gasteiger partial charge < -0.3 is 4.90 Å². The number of carbonyl (C=O) groups excluding carboxylic acids is 1. The molecule has 2 aromatic heterocycles. The number of para-hydroxylation sites is 2. The highest BCUT2D eigenvalue weighted by molar-refractivity contribution is 6.14. The van der Waals surface area contributed by atoms with Crippen molar-refractivity contribution in [3.63, 3.8) is 0 Å². The normalized spacial score (nSPS) is 13.5. The van der Waals surface area contributed by atoms with Crippen LogP contribution in [0.4, 0.5) is 5.69 Å². The van der Waals surface area contributed by atoms with Gasteiger partial charge in [-0.15, -0.1) is 0 Å². The molecule has 4 aromatic rings. The maximum atomic E-state index is 13.7. The van der Waals surface area contributed by atoms with Crippen molar-refractivity contribution in [2.45, 2.75) is 26.7 Å². The van der Waals surface area contributed by atoms with Gasteiger partial charge in [-0.25, -0.2) is 9.67 Å². The van der Waals surface area contributed by atoms with Crippen LogP contribution in [0.3, 0.4) is 0 Å². The molecule has 0 radical (unpaired) electrons. The summed E-state index contributed by atoms with van der Waals surface area (Å²) in [6.07, 6.45) is 1.98. The molecule has 3 heterocycles. The van der Waals surface area contributed by atoms with Crippen LogP contribution in [0.25, 0.3) is 16.7 Å². The molecule has 0 saturated carbocycles. The van der Waals surface area contributed by atoms with E-state index >= 15 is 0 Å². The first-order valence-electron chi connectivity index (χ1n) is 9.95. The molecule has 0 spiro atoms. The number of aryl methyl sites for hydroxylation is 3. The molecular formula is C24H22N4O. The average molecular weight is 382 g/mol. The van der Waals surface area contributed by atoms with Crippen LogP contribution >= 0.6 is 0 Å². The quantitative estimate of drug-likeness (QED) is 0.508. The van der Waals surface area contributed by atoms with Gasteiger partial charge in [0, 0.05) is 17.9 Å². The van der Waals surface area contributed by atoms with E-state index in [4.69, 9.17) is 10.1 Å². The lowest BCUT2D eigenvalue weighted by Crippen LogP contribution is -2.35. The first-order valence-corrected chi connectivity index (χ1v) is 9.95. The molecule has 1 aliphatic heterocycles. The molecular weight excluding hydrogens is 360 g/mol. The van der Waals surface area contributed by atoms with Crippen LogP contribution in [0, 0.1) is 13.8 Å². The molecule has 5 heteroatoms. The van der Waals surface area contributed by atoms with Gasteiger partial charge >= 0.3 is 0 Å². The fourth-order valence-electron chi connectivity index (χ4n) is 4.22. The van der Waals surface area contributed by atoms with Crippen molar-refractivity contribution in [2.24, 2.45) is 0 Å². The van der Waals surface area contributed by atoms with E-state index in [0.29, 0.717) is 5.56 Å². The van der Waals surface area contributed by atoms with E-state index in [1.54, 1.807) is 0 Å². The van der Waals surface area contributed by atoms with Gasteiger partial charge in [0.05, 0.1) is 22.3 Å². The molecule has 0 aliphatic carbocycles. The third kappa shape index (κ3) is 2.90. The number of nitrogens with zero attached hydrogens (tertiary/aromatic N) is 4. The first-order chi connectivity index (χ1) is 14.1. The summed E-state index contributed by atoms with van der Waals surface area (Å²) < 4.78 is 1.83. The third-order valence-electron chi connectivity index (χ3n) is 5.53. The smallest absolute Gasteiger partial charge is 0.259 e. The lowest BCUT2D eigenvalue weighted by Gasteiger charge is -2.29. The van der Waals surface area contributed by atoms with Gasteiger partial charge in [0.2, 0.25) is 0 Å². The van der Waals surface area contributed by atoms with Crippen molar-refractivity contribution in [1.29, 1.82) is 0 Å². The summed E-state index contributed by atoms with van der Waals surface area (Å²) in [6, 6.07) is 20.0. The topological polar surface area (TPSA) is 51.0 Å². The maximum Gasteiger partial charge on any atom is 0.259 e. The third-order valence-corrected chi connectivity index (χ3v) is 5.53. The summed E-state index contributed by atoms with van der Waals surface area (Å²) in [6.45, 7) is 4.60.